The Morgan fingerprint density at radius 1 is 1.00 bits per heavy atom. The van der Waals surface area contributed by atoms with Crippen molar-refractivity contribution in [1.29, 1.82) is 5.26 Å². The molecule has 0 radical (unpaired) electrons. The van der Waals surface area contributed by atoms with Gasteiger partial charge in [0.25, 0.3) is 0 Å². The van der Waals surface area contributed by atoms with E-state index in [9.17, 15) is 5.26 Å². The average molecular weight is 227 g/mol. The highest BCUT2D eigenvalue weighted by atomic mass is 14.4. The molecule has 17 heavy (non-hydrogen) atoms. The molecule has 1 heteroatoms. The largest absolute Gasteiger partial charge is 0.192 e. The zero-order valence-corrected chi connectivity index (χ0v) is 11.5. The van der Waals surface area contributed by atoms with Crippen molar-refractivity contribution < 1.29 is 0 Å². The van der Waals surface area contributed by atoms with Crippen molar-refractivity contribution in [1.82, 2.24) is 0 Å². The predicted molar refractivity (Wildman–Crippen MR) is 71.2 cm³/mol. The summed E-state index contributed by atoms with van der Waals surface area (Å²) in [5, 5.41) is 9.17. The normalized spacial score (nSPS) is 20.5. The van der Waals surface area contributed by atoms with Crippen LogP contribution < -0.4 is 0 Å². The standard InChI is InChI=1S/C16H21N/c1-11-8-13-14(9-12(11)10-17)16(4,5)7-6-15(13,2)3/h8-9H,6-7H2,1-5H3. The van der Waals surface area contributed by atoms with Crippen molar-refractivity contribution in [2.75, 3.05) is 0 Å². The van der Waals surface area contributed by atoms with Gasteiger partial charge in [0.15, 0.2) is 0 Å². The molecule has 0 saturated carbocycles. The highest BCUT2D eigenvalue weighted by molar-refractivity contribution is 5.50. The van der Waals surface area contributed by atoms with Crippen molar-refractivity contribution in [2.45, 2.75) is 58.3 Å². The summed E-state index contributed by atoms with van der Waals surface area (Å²) in [6, 6.07) is 6.66. The first-order chi connectivity index (χ1) is 7.78. The van der Waals surface area contributed by atoms with Gasteiger partial charge in [-0.2, -0.15) is 5.26 Å². The highest BCUT2D eigenvalue weighted by Gasteiger charge is 2.37. The van der Waals surface area contributed by atoms with E-state index in [0.717, 1.165) is 11.1 Å². The molecule has 1 aromatic rings. The Hall–Kier alpha value is -1.29. The summed E-state index contributed by atoms with van der Waals surface area (Å²) in [7, 11) is 0. The molecule has 0 atom stereocenters. The molecule has 0 fully saturated rings. The van der Waals surface area contributed by atoms with Crippen LogP contribution in [-0.4, -0.2) is 0 Å². The van der Waals surface area contributed by atoms with Gasteiger partial charge in [-0.05, 0) is 53.4 Å². The molecule has 0 aliphatic heterocycles. The number of benzene rings is 1. The van der Waals surface area contributed by atoms with Crippen molar-refractivity contribution in [3.05, 3.63) is 34.4 Å². The smallest absolute Gasteiger partial charge is 0.0994 e. The van der Waals surface area contributed by atoms with Gasteiger partial charge in [0.2, 0.25) is 0 Å². The van der Waals surface area contributed by atoms with Gasteiger partial charge in [0.05, 0.1) is 11.6 Å². The van der Waals surface area contributed by atoms with Gasteiger partial charge in [0, 0.05) is 0 Å². The zero-order valence-electron chi connectivity index (χ0n) is 11.5. The molecule has 1 aromatic carbocycles. The molecule has 0 bridgehead atoms. The van der Waals surface area contributed by atoms with E-state index < -0.39 is 0 Å². The van der Waals surface area contributed by atoms with E-state index in [1.54, 1.807) is 0 Å². The molecular weight excluding hydrogens is 206 g/mol. The molecule has 2 rings (SSSR count). The maximum atomic E-state index is 9.17. The second kappa shape index (κ2) is 3.60. The third-order valence-electron chi connectivity index (χ3n) is 4.32. The molecule has 1 aliphatic rings. The van der Waals surface area contributed by atoms with Crippen molar-refractivity contribution >= 4 is 0 Å². The second-order valence-electron chi connectivity index (χ2n) is 6.59. The van der Waals surface area contributed by atoms with Crippen LogP contribution in [0.3, 0.4) is 0 Å². The summed E-state index contributed by atoms with van der Waals surface area (Å²) in [5.74, 6) is 0. The predicted octanol–water partition coefficient (Wildman–Crippen LogP) is 4.22. The van der Waals surface area contributed by atoms with Gasteiger partial charge in [-0.25, -0.2) is 0 Å². The first-order valence-corrected chi connectivity index (χ1v) is 6.34. The van der Waals surface area contributed by atoms with Crippen molar-refractivity contribution in [3.8, 4) is 6.07 Å². The van der Waals surface area contributed by atoms with Crippen LogP contribution in [0.1, 0.15) is 62.8 Å². The SMILES string of the molecule is Cc1cc2c(cc1C#N)C(C)(C)CCC2(C)C. The van der Waals surface area contributed by atoms with Gasteiger partial charge in [-0.1, -0.05) is 33.8 Å². The highest BCUT2D eigenvalue weighted by Crippen LogP contribution is 2.46. The number of nitrogens with zero attached hydrogens (tertiary/aromatic N) is 1. The lowest BCUT2D eigenvalue weighted by molar-refractivity contribution is 0.331. The van der Waals surface area contributed by atoms with Gasteiger partial charge < -0.3 is 0 Å². The van der Waals surface area contributed by atoms with Gasteiger partial charge >= 0.3 is 0 Å². The van der Waals surface area contributed by atoms with Crippen LogP contribution in [0.15, 0.2) is 12.1 Å². The Bertz CT molecular complexity index is 501. The number of rotatable bonds is 0. The van der Waals surface area contributed by atoms with E-state index in [2.05, 4.69) is 45.9 Å². The fourth-order valence-corrected chi connectivity index (χ4v) is 2.84. The monoisotopic (exact) mass is 227 g/mol. The molecule has 0 heterocycles. The number of nitriles is 1. The van der Waals surface area contributed by atoms with Crippen LogP contribution in [-0.2, 0) is 10.8 Å². The van der Waals surface area contributed by atoms with Gasteiger partial charge in [-0.15, -0.1) is 0 Å². The summed E-state index contributed by atoms with van der Waals surface area (Å²) >= 11 is 0. The Morgan fingerprint density at radius 2 is 1.47 bits per heavy atom. The molecule has 90 valence electrons. The number of hydrogen-bond acceptors (Lipinski definition) is 1. The number of fused-ring (bicyclic) bond motifs is 1. The Kier molecular flexibility index (Phi) is 2.58. The quantitative estimate of drug-likeness (QED) is 0.651. The van der Waals surface area contributed by atoms with E-state index in [0.29, 0.717) is 0 Å². The van der Waals surface area contributed by atoms with E-state index in [1.165, 1.54) is 24.0 Å². The molecule has 0 saturated heterocycles. The van der Waals surface area contributed by atoms with Crippen LogP contribution in [0.4, 0.5) is 0 Å². The van der Waals surface area contributed by atoms with Crippen molar-refractivity contribution in [3.63, 3.8) is 0 Å². The fourth-order valence-electron chi connectivity index (χ4n) is 2.84. The third-order valence-corrected chi connectivity index (χ3v) is 4.32. The minimum Gasteiger partial charge on any atom is -0.192 e. The lowest BCUT2D eigenvalue weighted by atomic mass is 9.62. The second-order valence-corrected chi connectivity index (χ2v) is 6.59. The first-order valence-electron chi connectivity index (χ1n) is 6.34. The average Bonchev–Trinajstić information content (AvgIpc) is 2.24. The minimum atomic E-state index is 0.199. The van der Waals surface area contributed by atoms with E-state index in [1.807, 2.05) is 6.92 Å². The lowest BCUT2D eigenvalue weighted by Gasteiger charge is -2.42. The first kappa shape index (κ1) is 12.2. The van der Waals surface area contributed by atoms with E-state index in [4.69, 9.17) is 0 Å². The Labute approximate surface area is 104 Å². The molecular formula is C16H21N. The van der Waals surface area contributed by atoms with Crippen molar-refractivity contribution in [2.24, 2.45) is 0 Å². The molecule has 1 nitrogen and oxygen atoms in total. The summed E-state index contributed by atoms with van der Waals surface area (Å²) in [6.07, 6.45) is 2.42. The maximum Gasteiger partial charge on any atom is 0.0994 e. The maximum absolute atomic E-state index is 9.17. The lowest BCUT2D eigenvalue weighted by Crippen LogP contribution is -2.34. The summed E-state index contributed by atoms with van der Waals surface area (Å²) < 4.78 is 0. The van der Waals surface area contributed by atoms with Crippen LogP contribution >= 0.6 is 0 Å². The topological polar surface area (TPSA) is 23.8 Å². The Morgan fingerprint density at radius 3 is 1.94 bits per heavy atom. The Balaban J connectivity index is 2.73. The summed E-state index contributed by atoms with van der Waals surface area (Å²) in [5.41, 5.74) is 5.18. The third kappa shape index (κ3) is 1.86. The molecule has 0 N–H and O–H groups in total. The zero-order chi connectivity index (χ0) is 12.8. The summed E-state index contributed by atoms with van der Waals surface area (Å²) in [6.45, 7) is 11.2. The van der Waals surface area contributed by atoms with Crippen LogP contribution in [0.5, 0.6) is 0 Å². The molecule has 0 aromatic heterocycles. The van der Waals surface area contributed by atoms with Crippen LogP contribution in [0, 0.1) is 18.3 Å². The van der Waals surface area contributed by atoms with Gasteiger partial charge in [0.1, 0.15) is 0 Å². The van der Waals surface area contributed by atoms with Crippen LogP contribution in [0.25, 0.3) is 0 Å². The fraction of sp³-hybridized carbons (Fsp3) is 0.562. The number of aryl methyl sites for hydroxylation is 1. The molecule has 0 amide bonds. The van der Waals surface area contributed by atoms with Crippen LogP contribution in [0.2, 0.25) is 0 Å². The van der Waals surface area contributed by atoms with Gasteiger partial charge in [-0.3, -0.25) is 0 Å². The van der Waals surface area contributed by atoms with E-state index in [-0.39, 0.29) is 10.8 Å². The molecule has 1 aliphatic carbocycles. The number of hydrogen-bond donors (Lipinski definition) is 0. The van der Waals surface area contributed by atoms with E-state index >= 15 is 0 Å². The molecule has 0 unspecified atom stereocenters. The summed E-state index contributed by atoms with van der Waals surface area (Å²) in [4.78, 5) is 0. The minimum absolute atomic E-state index is 0.199. The molecule has 0 spiro atoms.